The Morgan fingerprint density at radius 3 is 2.68 bits per heavy atom. The molecule has 1 aromatic carbocycles. The van der Waals surface area contributed by atoms with Crippen molar-refractivity contribution in [3.8, 4) is 0 Å². The van der Waals surface area contributed by atoms with Gasteiger partial charge in [0, 0.05) is 41.1 Å². The van der Waals surface area contributed by atoms with Gasteiger partial charge < -0.3 is 18.5 Å². The molecule has 2 heterocycles. The number of carbonyl (C=O) groups excluding carboxylic acids is 2. The fraction of sp³-hybridized carbons (Fsp3) is 0.364. The lowest BCUT2D eigenvalue weighted by Gasteiger charge is -2.08. The number of fused-ring (bicyclic) bond motifs is 1. The molecule has 28 heavy (non-hydrogen) atoms. The zero-order valence-corrected chi connectivity index (χ0v) is 16.3. The summed E-state index contributed by atoms with van der Waals surface area (Å²) in [4.78, 5) is 25.2. The number of ether oxygens (including phenoxy) is 2. The molecule has 6 heteroatoms. The summed E-state index contributed by atoms with van der Waals surface area (Å²) in [7, 11) is 1.55. The summed E-state index contributed by atoms with van der Waals surface area (Å²) < 4.78 is 18.4. The second-order valence-corrected chi connectivity index (χ2v) is 7.22. The molecule has 0 saturated heterocycles. The lowest BCUT2D eigenvalue weighted by atomic mass is 10.1. The fourth-order valence-corrected chi connectivity index (χ4v) is 3.78. The van der Waals surface area contributed by atoms with Crippen LogP contribution in [0.1, 0.15) is 56.7 Å². The molecule has 0 amide bonds. The molecule has 0 atom stereocenters. The minimum atomic E-state index is -0.660. The minimum Gasteiger partial charge on any atom is -0.451 e. The lowest BCUT2D eigenvalue weighted by Crippen LogP contribution is -2.15. The molecule has 6 nitrogen and oxygen atoms in total. The minimum absolute atomic E-state index is 0.0827. The Labute approximate surface area is 163 Å². The van der Waals surface area contributed by atoms with Gasteiger partial charge >= 0.3 is 5.97 Å². The molecule has 1 fully saturated rings. The fourth-order valence-electron chi connectivity index (χ4n) is 3.78. The standard InChI is InChI=1S/C22H23NO5/c1-13-10-17(14(2)23(13)15-8-9-15)19(24)12-27-22(25)21-18(11-26-3)16-6-4-5-7-20(16)28-21/h4-7,10,15H,8-9,11-12H2,1-3H3. The molecular weight excluding hydrogens is 358 g/mol. The summed E-state index contributed by atoms with van der Waals surface area (Å²) >= 11 is 0. The first-order chi connectivity index (χ1) is 13.5. The van der Waals surface area contributed by atoms with Gasteiger partial charge in [-0.15, -0.1) is 0 Å². The Hall–Kier alpha value is -2.86. The molecule has 146 valence electrons. The highest BCUT2D eigenvalue weighted by Gasteiger charge is 2.29. The zero-order chi connectivity index (χ0) is 19.8. The topological polar surface area (TPSA) is 70.7 Å². The van der Waals surface area contributed by atoms with Gasteiger partial charge in [0.05, 0.1) is 6.61 Å². The van der Waals surface area contributed by atoms with Gasteiger partial charge in [0.2, 0.25) is 11.5 Å². The summed E-state index contributed by atoms with van der Waals surface area (Å²) in [6.45, 7) is 3.84. The number of nitrogens with zero attached hydrogens (tertiary/aromatic N) is 1. The second-order valence-electron chi connectivity index (χ2n) is 7.22. The van der Waals surface area contributed by atoms with Gasteiger partial charge in [-0.1, -0.05) is 18.2 Å². The Kier molecular flexibility index (Phi) is 4.81. The van der Waals surface area contributed by atoms with Crippen molar-refractivity contribution < 1.29 is 23.5 Å². The maximum Gasteiger partial charge on any atom is 0.375 e. The summed E-state index contributed by atoms with van der Waals surface area (Å²) in [5.74, 6) is -0.787. The van der Waals surface area contributed by atoms with Crippen LogP contribution in [0.3, 0.4) is 0 Å². The molecule has 1 saturated carbocycles. The number of aromatic nitrogens is 1. The molecule has 0 unspecified atom stereocenters. The normalized spacial score (nSPS) is 13.8. The van der Waals surface area contributed by atoms with Crippen molar-refractivity contribution in [3.63, 3.8) is 0 Å². The first-order valence-electron chi connectivity index (χ1n) is 9.39. The van der Waals surface area contributed by atoms with Gasteiger partial charge in [-0.05, 0) is 38.8 Å². The number of Topliss-reactive ketones (excluding diaryl/α,β-unsaturated/α-hetero) is 1. The average Bonchev–Trinajstić information content (AvgIpc) is 3.38. The molecule has 1 aliphatic carbocycles. The first-order valence-corrected chi connectivity index (χ1v) is 9.39. The number of furan rings is 1. The number of ketones is 1. The van der Waals surface area contributed by atoms with Crippen LogP contribution < -0.4 is 0 Å². The van der Waals surface area contributed by atoms with E-state index in [2.05, 4.69) is 4.57 Å². The molecule has 0 aliphatic heterocycles. The Bertz CT molecular complexity index is 1050. The van der Waals surface area contributed by atoms with Gasteiger partial charge in [-0.25, -0.2) is 4.79 Å². The average molecular weight is 381 g/mol. The van der Waals surface area contributed by atoms with E-state index in [0.29, 0.717) is 22.8 Å². The van der Waals surface area contributed by atoms with Crippen molar-refractivity contribution >= 4 is 22.7 Å². The van der Waals surface area contributed by atoms with Crippen LogP contribution in [0.4, 0.5) is 0 Å². The number of hydrogen-bond acceptors (Lipinski definition) is 5. The van der Waals surface area contributed by atoms with E-state index in [9.17, 15) is 9.59 Å². The van der Waals surface area contributed by atoms with E-state index in [-0.39, 0.29) is 24.8 Å². The number of aryl methyl sites for hydroxylation is 1. The van der Waals surface area contributed by atoms with Crippen LogP contribution in [-0.2, 0) is 16.1 Å². The van der Waals surface area contributed by atoms with Crippen LogP contribution in [0, 0.1) is 13.8 Å². The van der Waals surface area contributed by atoms with Crippen LogP contribution in [0.5, 0.6) is 0 Å². The van der Waals surface area contributed by atoms with Crippen molar-refractivity contribution in [2.45, 2.75) is 39.3 Å². The number of esters is 1. The highest BCUT2D eigenvalue weighted by Crippen LogP contribution is 2.38. The highest BCUT2D eigenvalue weighted by atomic mass is 16.5. The first kappa shape index (κ1) is 18.5. The molecule has 0 radical (unpaired) electrons. The third-order valence-corrected chi connectivity index (χ3v) is 5.20. The van der Waals surface area contributed by atoms with Crippen LogP contribution in [0.15, 0.2) is 34.7 Å². The summed E-state index contributed by atoms with van der Waals surface area (Å²) in [5, 5.41) is 0.801. The van der Waals surface area contributed by atoms with E-state index < -0.39 is 5.97 Å². The molecule has 4 rings (SSSR count). The number of rotatable bonds is 7. The molecule has 0 bridgehead atoms. The number of para-hydroxylation sites is 1. The lowest BCUT2D eigenvalue weighted by molar-refractivity contribution is 0.0441. The Morgan fingerprint density at radius 1 is 1.21 bits per heavy atom. The van der Waals surface area contributed by atoms with Crippen molar-refractivity contribution in [3.05, 3.63) is 58.6 Å². The van der Waals surface area contributed by atoms with E-state index in [1.807, 2.05) is 38.1 Å². The Morgan fingerprint density at radius 2 is 1.96 bits per heavy atom. The van der Waals surface area contributed by atoms with Crippen molar-refractivity contribution in [1.82, 2.24) is 4.57 Å². The smallest absolute Gasteiger partial charge is 0.375 e. The molecule has 1 aliphatic rings. The second kappa shape index (κ2) is 7.28. The predicted octanol–water partition coefficient (Wildman–Crippen LogP) is 4.37. The number of carbonyl (C=O) groups is 2. The van der Waals surface area contributed by atoms with Gasteiger partial charge in [0.15, 0.2) is 6.61 Å². The summed E-state index contributed by atoms with van der Waals surface area (Å²) in [6, 6.07) is 9.71. The van der Waals surface area contributed by atoms with Crippen LogP contribution in [0.25, 0.3) is 11.0 Å². The largest absolute Gasteiger partial charge is 0.451 e. The van der Waals surface area contributed by atoms with Gasteiger partial charge in [-0.2, -0.15) is 0 Å². The molecule has 3 aromatic rings. The van der Waals surface area contributed by atoms with E-state index in [1.165, 1.54) is 0 Å². The molecule has 2 aromatic heterocycles. The van der Waals surface area contributed by atoms with Crippen molar-refractivity contribution in [1.29, 1.82) is 0 Å². The maximum atomic E-state index is 12.6. The Balaban J connectivity index is 1.52. The van der Waals surface area contributed by atoms with Crippen molar-refractivity contribution in [2.75, 3.05) is 13.7 Å². The molecule has 0 N–H and O–H groups in total. The quantitative estimate of drug-likeness (QED) is 0.449. The van der Waals surface area contributed by atoms with E-state index in [4.69, 9.17) is 13.9 Å². The van der Waals surface area contributed by atoms with Gasteiger partial charge in [-0.3, -0.25) is 4.79 Å². The number of benzene rings is 1. The van der Waals surface area contributed by atoms with Crippen LogP contribution >= 0.6 is 0 Å². The zero-order valence-electron chi connectivity index (χ0n) is 16.3. The van der Waals surface area contributed by atoms with E-state index in [1.54, 1.807) is 13.2 Å². The SMILES string of the molecule is COCc1c(C(=O)OCC(=O)c2cc(C)n(C3CC3)c2C)oc2ccccc12. The number of hydrogen-bond donors (Lipinski definition) is 0. The monoisotopic (exact) mass is 381 g/mol. The van der Waals surface area contributed by atoms with E-state index in [0.717, 1.165) is 29.6 Å². The van der Waals surface area contributed by atoms with Gasteiger partial charge in [0.25, 0.3) is 0 Å². The van der Waals surface area contributed by atoms with Gasteiger partial charge in [0.1, 0.15) is 5.58 Å². The van der Waals surface area contributed by atoms with Crippen molar-refractivity contribution in [2.24, 2.45) is 0 Å². The highest BCUT2D eigenvalue weighted by molar-refractivity contribution is 6.01. The summed E-state index contributed by atoms with van der Waals surface area (Å²) in [6.07, 6.45) is 2.29. The molecular formula is C22H23NO5. The predicted molar refractivity (Wildman–Crippen MR) is 104 cm³/mol. The summed E-state index contributed by atoms with van der Waals surface area (Å²) in [5.41, 5.74) is 3.82. The van der Waals surface area contributed by atoms with E-state index >= 15 is 0 Å². The van der Waals surface area contributed by atoms with Crippen LogP contribution in [0.2, 0.25) is 0 Å². The molecule has 0 spiro atoms. The third kappa shape index (κ3) is 3.24. The van der Waals surface area contributed by atoms with Crippen LogP contribution in [-0.4, -0.2) is 30.0 Å². The third-order valence-electron chi connectivity index (χ3n) is 5.20. The maximum absolute atomic E-state index is 12.6. The number of methoxy groups -OCH3 is 1.